The predicted octanol–water partition coefficient (Wildman–Crippen LogP) is 3.55. The van der Waals surface area contributed by atoms with Gasteiger partial charge in [-0.1, -0.05) is 12.1 Å². The van der Waals surface area contributed by atoms with E-state index in [1.165, 1.54) is 12.1 Å². The molecule has 1 nitrogen and oxygen atoms in total. The maximum atomic E-state index is 12.4. The SMILES string of the molecule is Cl.FC(F)(F)c1cccc([C@@H]2CCCN2)c1. The lowest BCUT2D eigenvalue weighted by Crippen LogP contribution is -2.14. The second kappa shape index (κ2) is 5.06. The summed E-state index contributed by atoms with van der Waals surface area (Å²) in [6.45, 7) is 0.890. The minimum Gasteiger partial charge on any atom is -0.310 e. The van der Waals surface area contributed by atoms with Crippen LogP contribution < -0.4 is 5.32 Å². The second-order valence-electron chi connectivity index (χ2n) is 3.77. The molecule has 0 amide bonds. The van der Waals surface area contributed by atoms with Gasteiger partial charge in [0.25, 0.3) is 0 Å². The normalized spacial score (nSPS) is 20.6. The first-order valence-corrected chi connectivity index (χ1v) is 4.98. The van der Waals surface area contributed by atoms with Crippen LogP contribution in [0.15, 0.2) is 24.3 Å². The second-order valence-corrected chi connectivity index (χ2v) is 3.77. The molecule has 16 heavy (non-hydrogen) atoms. The summed E-state index contributed by atoms with van der Waals surface area (Å²) < 4.78 is 37.3. The zero-order chi connectivity index (χ0) is 10.9. The fourth-order valence-electron chi connectivity index (χ4n) is 1.90. The molecule has 90 valence electrons. The molecule has 1 N–H and O–H groups in total. The molecule has 1 saturated heterocycles. The Morgan fingerprint density at radius 3 is 2.56 bits per heavy atom. The van der Waals surface area contributed by atoms with Crippen molar-refractivity contribution < 1.29 is 13.2 Å². The van der Waals surface area contributed by atoms with Crippen molar-refractivity contribution >= 4 is 12.4 Å². The Hall–Kier alpha value is -0.740. The van der Waals surface area contributed by atoms with Gasteiger partial charge in [0.1, 0.15) is 0 Å². The van der Waals surface area contributed by atoms with E-state index in [0.717, 1.165) is 31.0 Å². The molecule has 0 bridgehead atoms. The Kier molecular flexibility index (Phi) is 4.21. The van der Waals surface area contributed by atoms with Crippen LogP contribution in [0.1, 0.15) is 30.0 Å². The van der Waals surface area contributed by atoms with Gasteiger partial charge in [-0.3, -0.25) is 0 Å². The van der Waals surface area contributed by atoms with Crippen LogP contribution in [0.4, 0.5) is 13.2 Å². The van der Waals surface area contributed by atoms with E-state index in [2.05, 4.69) is 5.32 Å². The standard InChI is InChI=1S/C11H12F3N.ClH/c12-11(13,14)9-4-1-3-8(7-9)10-5-2-6-15-10;/h1,3-4,7,10,15H,2,5-6H2;1H/t10-;/m0./s1. The number of hydrogen-bond acceptors (Lipinski definition) is 1. The lowest BCUT2D eigenvalue weighted by Gasteiger charge is -2.13. The van der Waals surface area contributed by atoms with Crippen LogP contribution in [0, 0.1) is 0 Å². The maximum Gasteiger partial charge on any atom is 0.416 e. The molecular weight excluding hydrogens is 239 g/mol. The summed E-state index contributed by atoms with van der Waals surface area (Å²) >= 11 is 0. The highest BCUT2D eigenvalue weighted by molar-refractivity contribution is 5.85. The fraction of sp³-hybridized carbons (Fsp3) is 0.455. The summed E-state index contributed by atoms with van der Waals surface area (Å²) in [7, 11) is 0. The molecular formula is C11H13ClF3N. The van der Waals surface area contributed by atoms with Gasteiger partial charge in [-0.15, -0.1) is 12.4 Å². The molecule has 0 aliphatic carbocycles. The van der Waals surface area contributed by atoms with E-state index in [1.54, 1.807) is 6.07 Å². The Morgan fingerprint density at radius 1 is 1.25 bits per heavy atom. The number of nitrogens with one attached hydrogen (secondary N) is 1. The van der Waals surface area contributed by atoms with Crippen molar-refractivity contribution in [2.45, 2.75) is 25.1 Å². The lowest BCUT2D eigenvalue weighted by molar-refractivity contribution is -0.137. The molecule has 0 radical (unpaired) electrons. The molecule has 5 heteroatoms. The van der Waals surface area contributed by atoms with Gasteiger partial charge in [0.05, 0.1) is 5.56 Å². The van der Waals surface area contributed by atoms with E-state index in [1.807, 2.05) is 0 Å². The van der Waals surface area contributed by atoms with Crippen LogP contribution in [0.5, 0.6) is 0 Å². The van der Waals surface area contributed by atoms with Gasteiger partial charge in [-0.25, -0.2) is 0 Å². The molecule has 0 spiro atoms. The first-order valence-electron chi connectivity index (χ1n) is 4.98. The Morgan fingerprint density at radius 2 is 2.00 bits per heavy atom. The smallest absolute Gasteiger partial charge is 0.310 e. The molecule has 0 saturated carbocycles. The number of halogens is 4. The summed E-state index contributed by atoms with van der Waals surface area (Å²) in [6, 6.07) is 5.66. The van der Waals surface area contributed by atoms with Gasteiger partial charge in [0, 0.05) is 6.04 Å². The molecule has 0 aromatic heterocycles. The highest BCUT2D eigenvalue weighted by atomic mass is 35.5. The Bertz CT molecular complexity index is 345. The highest BCUT2D eigenvalue weighted by Crippen LogP contribution is 2.32. The molecule has 1 aliphatic heterocycles. The third-order valence-corrected chi connectivity index (χ3v) is 2.68. The average molecular weight is 252 g/mol. The Labute approximate surface area is 98.4 Å². The summed E-state index contributed by atoms with van der Waals surface area (Å²) in [5.74, 6) is 0. The summed E-state index contributed by atoms with van der Waals surface area (Å²) in [4.78, 5) is 0. The van der Waals surface area contributed by atoms with E-state index in [4.69, 9.17) is 0 Å². The van der Waals surface area contributed by atoms with Crippen molar-refractivity contribution in [1.29, 1.82) is 0 Å². The van der Waals surface area contributed by atoms with Crippen LogP contribution in [-0.2, 0) is 6.18 Å². The molecule has 0 unspecified atom stereocenters. The molecule has 2 rings (SSSR count). The topological polar surface area (TPSA) is 12.0 Å². The van der Waals surface area contributed by atoms with Gasteiger partial charge in [-0.05, 0) is 37.1 Å². The van der Waals surface area contributed by atoms with E-state index < -0.39 is 11.7 Å². The fourth-order valence-corrected chi connectivity index (χ4v) is 1.90. The van der Waals surface area contributed by atoms with Gasteiger partial charge in [0.15, 0.2) is 0 Å². The van der Waals surface area contributed by atoms with Crippen molar-refractivity contribution in [2.24, 2.45) is 0 Å². The van der Waals surface area contributed by atoms with E-state index in [-0.39, 0.29) is 18.4 Å². The summed E-state index contributed by atoms with van der Waals surface area (Å²) in [6.07, 6.45) is -2.29. The van der Waals surface area contributed by atoms with Crippen LogP contribution in [0.2, 0.25) is 0 Å². The largest absolute Gasteiger partial charge is 0.416 e. The number of benzene rings is 1. The van der Waals surface area contributed by atoms with E-state index in [9.17, 15) is 13.2 Å². The molecule has 1 aliphatic rings. The van der Waals surface area contributed by atoms with Crippen molar-refractivity contribution in [3.05, 3.63) is 35.4 Å². The zero-order valence-electron chi connectivity index (χ0n) is 8.55. The summed E-state index contributed by atoms with van der Waals surface area (Å²) in [5.41, 5.74) is 0.177. The lowest BCUT2D eigenvalue weighted by atomic mass is 10.0. The summed E-state index contributed by atoms with van der Waals surface area (Å²) in [5, 5.41) is 3.18. The molecule has 1 aromatic carbocycles. The number of hydrogen-bond donors (Lipinski definition) is 1. The quantitative estimate of drug-likeness (QED) is 0.805. The molecule has 1 aromatic rings. The zero-order valence-corrected chi connectivity index (χ0v) is 9.37. The van der Waals surface area contributed by atoms with Crippen molar-refractivity contribution in [3.63, 3.8) is 0 Å². The average Bonchev–Trinajstić information content (AvgIpc) is 2.69. The first-order chi connectivity index (χ1) is 7.07. The first kappa shape index (κ1) is 13.3. The van der Waals surface area contributed by atoms with Crippen LogP contribution in [0.25, 0.3) is 0 Å². The minimum absolute atomic E-state index is 0. The van der Waals surface area contributed by atoms with E-state index >= 15 is 0 Å². The van der Waals surface area contributed by atoms with Gasteiger partial charge in [-0.2, -0.15) is 13.2 Å². The van der Waals surface area contributed by atoms with Crippen LogP contribution in [0.3, 0.4) is 0 Å². The van der Waals surface area contributed by atoms with Crippen molar-refractivity contribution in [2.75, 3.05) is 6.54 Å². The van der Waals surface area contributed by atoms with Gasteiger partial charge < -0.3 is 5.32 Å². The molecule has 1 atom stereocenters. The minimum atomic E-state index is -4.24. The van der Waals surface area contributed by atoms with Crippen molar-refractivity contribution in [3.8, 4) is 0 Å². The Balaban J connectivity index is 0.00000128. The number of rotatable bonds is 1. The monoisotopic (exact) mass is 251 g/mol. The van der Waals surface area contributed by atoms with Crippen molar-refractivity contribution in [1.82, 2.24) is 5.32 Å². The molecule has 1 heterocycles. The maximum absolute atomic E-state index is 12.4. The van der Waals surface area contributed by atoms with Gasteiger partial charge in [0.2, 0.25) is 0 Å². The predicted molar refractivity (Wildman–Crippen MR) is 58.7 cm³/mol. The van der Waals surface area contributed by atoms with Gasteiger partial charge >= 0.3 is 6.18 Å². The van der Waals surface area contributed by atoms with Crippen LogP contribution in [-0.4, -0.2) is 6.54 Å². The molecule has 1 fully saturated rings. The highest BCUT2D eigenvalue weighted by Gasteiger charge is 2.31. The third-order valence-electron chi connectivity index (χ3n) is 2.68. The number of alkyl halides is 3. The third kappa shape index (κ3) is 2.89. The van der Waals surface area contributed by atoms with Crippen LogP contribution >= 0.6 is 12.4 Å². The van der Waals surface area contributed by atoms with E-state index in [0.29, 0.717) is 0 Å².